The predicted octanol–water partition coefficient (Wildman–Crippen LogP) is 2.08. The van der Waals surface area contributed by atoms with Crippen molar-refractivity contribution in [2.45, 2.75) is 44.6 Å². The Bertz CT molecular complexity index is 549. The zero-order valence-corrected chi connectivity index (χ0v) is 14.1. The molecule has 126 valence electrons. The molecule has 2 saturated heterocycles. The van der Waals surface area contributed by atoms with Crippen molar-refractivity contribution in [2.24, 2.45) is 5.92 Å². The van der Waals surface area contributed by atoms with Crippen molar-refractivity contribution in [3.63, 3.8) is 0 Å². The fourth-order valence-corrected chi connectivity index (χ4v) is 4.29. The number of hydrogen-bond acceptors (Lipinski definition) is 5. The van der Waals surface area contributed by atoms with E-state index in [0.717, 1.165) is 63.7 Å². The van der Waals surface area contributed by atoms with Gasteiger partial charge in [-0.25, -0.2) is 9.97 Å². The lowest BCUT2D eigenvalue weighted by Crippen LogP contribution is -2.48. The lowest BCUT2D eigenvalue weighted by atomic mass is 9.83. The molecule has 3 aliphatic heterocycles. The highest BCUT2D eigenvalue weighted by Gasteiger charge is 2.42. The van der Waals surface area contributed by atoms with Crippen LogP contribution < -0.4 is 0 Å². The van der Waals surface area contributed by atoms with Gasteiger partial charge in [0.05, 0.1) is 18.9 Å². The van der Waals surface area contributed by atoms with E-state index in [1.165, 1.54) is 24.9 Å². The predicted molar refractivity (Wildman–Crippen MR) is 87.3 cm³/mol. The van der Waals surface area contributed by atoms with Crippen LogP contribution in [0.25, 0.3) is 0 Å². The molecule has 2 fully saturated rings. The molecular weight excluding hydrogens is 290 g/mol. The standard InChI is InChI=1S/C18H27N3O2/c1-14-19-11-16-4-10-23-18(17(16)20-14)5-7-21(8-6-18)12-15-3-2-9-22-13-15/h11,15H,2-10,12-13H2,1H3. The molecule has 0 aliphatic carbocycles. The average molecular weight is 317 g/mol. The van der Waals surface area contributed by atoms with Gasteiger partial charge in [0.15, 0.2) is 0 Å². The van der Waals surface area contributed by atoms with E-state index in [1.54, 1.807) is 0 Å². The molecule has 1 spiro atoms. The molecule has 1 atom stereocenters. The summed E-state index contributed by atoms with van der Waals surface area (Å²) in [5.41, 5.74) is 2.29. The van der Waals surface area contributed by atoms with Crippen molar-refractivity contribution in [1.29, 1.82) is 0 Å². The summed E-state index contributed by atoms with van der Waals surface area (Å²) in [6.07, 6.45) is 7.57. The number of rotatable bonds is 2. The second kappa shape index (κ2) is 6.46. The third-order valence-electron chi connectivity index (χ3n) is 5.60. The summed E-state index contributed by atoms with van der Waals surface area (Å²) < 4.78 is 11.9. The van der Waals surface area contributed by atoms with Gasteiger partial charge in [-0.1, -0.05) is 0 Å². The van der Waals surface area contributed by atoms with Crippen molar-refractivity contribution in [2.75, 3.05) is 39.5 Å². The van der Waals surface area contributed by atoms with Crippen molar-refractivity contribution < 1.29 is 9.47 Å². The molecule has 4 rings (SSSR count). The maximum absolute atomic E-state index is 6.28. The Hall–Kier alpha value is -1.04. The summed E-state index contributed by atoms with van der Waals surface area (Å²) in [6.45, 7) is 8.02. The molecule has 0 saturated carbocycles. The van der Waals surface area contributed by atoms with E-state index in [1.807, 2.05) is 13.1 Å². The van der Waals surface area contributed by atoms with E-state index in [-0.39, 0.29) is 5.60 Å². The highest BCUT2D eigenvalue weighted by Crippen LogP contribution is 2.40. The van der Waals surface area contributed by atoms with Crippen LogP contribution in [0.4, 0.5) is 0 Å². The van der Waals surface area contributed by atoms with Crippen molar-refractivity contribution in [3.8, 4) is 0 Å². The summed E-state index contributed by atoms with van der Waals surface area (Å²) in [4.78, 5) is 11.7. The Balaban J connectivity index is 1.44. The zero-order chi connectivity index (χ0) is 15.7. The van der Waals surface area contributed by atoms with Crippen LogP contribution in [0.5, 0.6) is 0 Å². The fraction of sp³-hybridized carbons (Fsp3) is 0.778. The van der Waals surface area contributed by atoms with Gasteiger partial charge >= 0.3 is 0 Å². The molecule has 0 radical (unpaired) electrons. The molecule has 5 nitrogen and oxygen atoms in total. The van der Waals surface area contributed by atoms with E-state index in [0.29, 0.717) is 5.92 Å². The molecule has 1 aromatic heterocycles. The molecule has 0 bridgehead atoms. The van der Waals surface area contributed by atoms with Crippen LogP contribution in [0.15, 0.2) is 6.20 Å². The monoisotopic (exact) mass is 317 g/mol. The van der Waals surface area contributed by atoms with Gasteiger partial charge in [0.1, 0.15) is 11.4 Å². The first-order valence-corrected chi connectivity index (χ1v) is 9.02. The molecule has 4 heterocycles. The highest BCUT2D eigenvalue weighted by molar-refractivity contribution is 5.27. The first-order chi connectivity index (χ1) is 11.3. The first-order valence-electron chi connectivity index (χ1n) is 9.02. The molecule has 5 heteroatoms. The number of ether oxygens (including phenoxy) is 2. The number of nitrogens with zero attached hydrogens (tertiary/aromatic N) is 3. The SMILES string of the molecule is Cc1ncc2c(n1)C1(CCN(CC3CCCOC3)CC1)OCC2. The Kier molecular flexibility index (Phi) is 4.35. The van der Waals surface area contributed by atoms with Crippen LogP contribution in [0.2, 0.25) is 0 Å². The smallest absolute Gasteiger partial charge is 0.125 e. The normalized spacial score (nSPS) is 27.8. The minimum atomic E-state index is -0.166. The summed E-state index contributed by atoms with van der Waals surface area (Å²) in [7, 11) is 0. The van der Waals surface area contributed by atoms with Crippen LogP contribution in [-0.2, 0) is 21.5 Å². The second-order valence-electron chi connectivity index (χ2n) is 7.27. The maximum atomic E-state index is 6.28. The highest BCUT2D eigenvalue weighted by atomic mass is 16.5. The number of aryl methyl sites for hydroxylation is 1. The molecule has 23 heavy (non-hydrogen) atoms. The Morgan fingerprint density at radius 1 is 1.30 bits per heavy atom. The minimum Gasteiger partial charge on any atom is -0.381 e. The molecule has 0 amide bonds. The van der Waals surface area contributed by atoms with Gasteiger partial charge in [-0.3, -0.25) is 0 Å². The van der Waals surface area contributed by atoms with Gasteiger partial charge < -0.3 is 14.4 Å². The van der Waals surface area contributed by atoms with Gasteiger partial charge in [0.25, 0.3) is 0 Å². The summed E-state index contributed by atoms with van der Waals surface area (Å²) in [5.74, 6) is 1.57. The number of hydrogen-bond donors (Lipinski definition) is 0. The van der Waals surface area contributed by atoms with Crippen LogP contribution in [0, 0.1) is 12.8 Å². The number of fused-ring (bicyclic) bond motifs is 2. The average Bonchev–Trinajstić information content (AvgIpc) is 2.59. The van der Waals surface area contributed by atoms with Crippen molar-refractivity contribution in [1.82, 2.24) is 14.9 Å². The van der Waals surface area contributed by atoms with Gasteiger partial charge in [-0.15, -0.1) is 0 Å². The third-order valence-corrected chi connectivity index (χ3v) is 5.60. The Labute approximate surface area is 138 Å². The van der Waals surface area contributed by atoms with Gasteiger partial charge in [0, 0.05) is 32.4 Å². The van der Waals surface area contributed by atoms with Crippen molar-refractivity contribution >= 4 is 0 Å². The first kappa shape index (κ1) is 15.5. The van der Waals surface area contributed by atoms with E-state index < -0.39 is 0 Å². The van der Waals surface area contributed by atoms with E-state index >= 15 is 0 Å². The third kappa shape index (κ3) is 3.14. The van der Waals surface area contributed by atoms with Crippen molar-refractivity contribution in [3.05, 3.63) is 23.3 Å². The Morgan fingerprint density at radius 3 is 2.96 bits per heavy atom. The van der Waals surface area contributed by atoms with E-state index in [9.17, 15) is 0 Å². The van der Waals surface area contributed by atoms with Crippen LogP contribution in [-0.4, -0.2) is 54.3 Å². The largest absolute Gasteiger partial charge is 0.381 e. The lowest BCUT2D eigenvalue weighted by Gasteiger charge is -2.44. The second-order valence-corrected chi connectivity index (χ2v) is 7.27. The molecule has 3 aliphatic rings. The van der Waals surface area contributed by atoms with Crippen LogP contribution in [0.1, 0.15) is 42.8 Å². The quantitative estimate of drug-likeness (QED) is 0.836. The molecule has 0 N–H and O–H groups in total. The van der Waals surface area contributed by atoms with Crippen LogP contribution >= 0.6 is 0 Å². The zero-order valence-electron chi connectivity index (χ0n) is 14.1. The number of aromatic nitrogens is 2. The maximum Gasteiger partial charge on any atom is 0.125 e. The number of piperidine rings is 1. The number of likely N-dealkylation sites (tertiary alicyclic amines) is 1. The molecule has 1 unspecified atom stereocenters. The molecule has 1 aromatic rings. The molecular formula is C18H27N3O2. The molecule has 0 aromatic carbocycles. The minimum absolute atomic E-state index is 0.166. The summed E-state index contributed by atoms with van der Waals surface area (Å²) in [6, 6.07) is 0. The summed E-state index contributed by atoms with van der Waals surface area (Å²) in [5, 5.41) is 0. The summed E-state index contributed by atoms with van der Waals surface area (Å²) >= 11 is 0. The fourth-order valence-electron chi connectivity index (χ4n) is 4.29. The van der Waals surface area contributed by atoms with Gasteiger partial charge in [-0.2, -0.15) is 0 Å². The Morgan fingerprint density at radius 2 is 2.17 bits per heavy atom. The van der Waals surface area contributed by atoms with E-state index in [4.69, 9.17) is 14.5 Å². The lowest BCUT2D eigenvalue weighted by molar-refractivity contribution is -0.104. The van der Waals surface area contributed by atoms with Gasteiger partial charge in [-0.05, 0) is 50.5 Å². The van der Waals surface area contributed by atoms with Gasteiger partial charge in [0.2, 0.25) is 0 Å². The topological polar surface area (TPSA) is 47.5 Å². The van der Waals surface area contributed by atoms with E-state index in [2.05, 4.69) is 9.88 Å². The van der Waals surface area contributed by atoms with Crippen LogP contribution in [0.3, 0.4) is 0 Å².